The first-order chi connectivity index (χ1) is 11.2. The summed E-state index contributed by atoms with van der Waals surface area (Å²) in [6.07, 6.45) is 2.25. The lowest BCUT2D eigenvalue weighted by molar-refractivity contribution is 0.0986. The van der Waals surface area contributed by atoms with Crippen LogP contribution in [0.2, 0.25) is 0 Å². The lowest BCUT2D eigenvalue weighted by atomic mass is 10.1. The van der Waals surface area contributed by atoms with Gasteiger partial charge in [0.1, 0.15) is 11.5 Å². The maximum absolute atomic E-state index is 14.0. The van der Waals surface area contributed by atoms with Gasteiger partial charge < -0.3 is 10.6 Å². The average Bonchev–Trinajstić information content (AvgIpc) is 3.01. The molecule has 4 rings (SSSR count). The minimum absolute atomic E-state index is 0.191. The summed E-state index contributed by atoms with van der Waals surface area (Å²) in [6.45, 7) is 0.589. The maximum atomic E-state index is 14.0. The second-order valence-electron chi connectivity index (χ2n) is 5.55. The van der Waals surface area contributed by atoms with Crippen molar-refractivity contribution in [3.63, 3.8) is 0 Å². The van der Waals surface area contributed by atoms with Crippen LogP contribution in [-0.4, -0.2) is 17.4 Å². The van der Waals surface area contributed by atoms with E-state index in [4.69, 9.17) is 5.73 Å². The van der Waals surface area contributed by atoms with E-state index in [1.807, 2.05) is 24.3 Å². The van der Waals surface area contributed by atoms with Crippen LogP contribution >= 0.6 is 0 Å². The summed E-state index contributed by atoms with van der Waals surface area (Å²) in [4.78, 5) is 18.8. The van der Waals surface area contributed by atoms with Crippen molar-refractivity contribution in [2.75, 3.05) is 17.2 Å². The number of benzene rings is 2. The van der Waals surface area contributed by atoms with E-state index in [1.165, 1.54) is 24.4 Å². The van der Waals surface area contributed by atoms with Crippen LogP contribution in [0, 0.1) is 5.82 Å². The van der Waals surface area contributed by atoms with Gasteiger partial charge >= 0.3 is 0 Å². The number of hydrogen-bond donors (Lipinski definition) is 1. The predicted molar refractivity (Wildman–Crippen MR) is 87.9 cm³/mol. The lowest BCUT2D eigenvalue weighted by Gasteiger charge is -2.18. The molecular formula is C18H14FN3O. The Morgan fingerprint density at radius 2 is 2.00 bits per heavy atom. The van der Waals surface area contributed by atoms with Crippen LogP contribution in [0.15, 0.2) is 48.7 Å². The van der Waals surface area contributed by atoms with E-state index in [-0.39, 0.29) is 11.6 Å². The van der Waals surface area contributed by atoms with E-state index < -0.39 is 5.82 Å². The average molecular weight is 307 g/mol. The van der Waals surface area contributed by atoms with Crippen molar-refractivity contribution in [3.05, 3.63) is 65.7 Å². The molecule has 4 nitrogen and oxygen atoms in total. The number of halogens is 1. The Bertz CT molecular complexity index is 939. The van der Waals surface area contributed by atoms with Gasteiger partial charge in [0.05, 0.1) is 0 Å². The van der Waals surface area contributed by atoms with Crippen LogP contribution in [0.5, 0.6) is 0 Å². The highest BCUT2D eigenvalue weighted by atomic mass is 19.1. The fourth-order valence-electron chi connectivity index (χ4n) is 3.13. The van der Waals surface area contributed by atoms with E-state index >= 15 is 0 Å². The molecule has 0 atom stereocenters. The molecule has 23 heavy (non-hydrogen) atoms. The summed E-state index contributed by atoms with van der Waals surface area (Å²) in [5, 5.41) is 0.692. The molecule has 114 valence electrons. The van der Waals surface area contributed by atoms with Crippen molar-refractivity contribution in [2.24, 2.45) is 0 Å². The number of hydrogen-bond acceptors (Lipinski definition) is 3. The van der Waals surface area contributed by atoms with Crippen LogP contribution in [0.25, 0.3) is 10.8 Å². The fourth-order valence-corrected chi connectivity index (χ4v) is 3.13. The Morgan fingerprint density at radius 3 is 2.87 bits per heavy atom. The molecule has 1 aliphatic heterocycles. The van der Waals surface area contributed by atoms with Crippen LogP contribution in [-0.2, 0) is 6.42 Å². The molecule has 5 heteroatoms. The van der Waals surface area contributed by atoms with Gasteiger partial charge in [0.25, 0.3) is 5.91 Å². The molecule has 0 saturated heterocycles. The molecule has 2 heterocycles. The SMILES string of the molecule is Nc1ccc(F)c2ccnc(C(=O)N3CCc4ccccc43)c12. The Balaban J connectivity index is 1.88. The fraction of sp³-hybridized carbons (Fsp3) is 0.111. The van der Waals surface area contributed by atoms with Gasteiger partial charge in [-0.05, 0) is 36.2 Å². The third kappa shape index (κ3) is 2.04. The smallest absolute Gasteiger partial charge is 0.277 e. The molecule has 0 fully saturated rings. The van der Waals surface area contributed by atoms with Crippen LogP contribution in [0.4, 0.5) is 15.8 Å². The van der Waals surface area contributed by atoms with E-state index in [0.717, 1.165) is 17.7 Å². The van der Waals surface area contributed by atoms with Gasteiger partial charge in [-0.3, -0.25) is 9.78 Å². The van der Waals surface area contributed by atoms with E-state index in [1.54, 1.807) is 4.90 Å². The predicted octanol–water partition coefficient (Wildman–Crippen LogP) is 3.16. The maximum Gasteiger partial charge on any atom is 0.277 e. The summed E-state index contributed by atoms with van der Waals surface area (Å²) in [6, 6.07) is 12.1. The molecule has 2 aromatic carbocycles. The van der Waals surface area contributed by atoms with Gasteiger partial charge in [0, 0.05) is 34.9 Å². The Labute approximate surface area is 132 Å². The number of nitrogen functional groups attached to an aromatic ring is 1. The number of nitrogens with two attached hydrogens (primary N) is 1. The number of carbonyl (C=O) groups is 1. The molecule has 0 saturated carbocycles. The van der Waals surface area contributed by atoms with E-state index in [9.17, 15) is 9.18 Å². The quantitative estimate of drug-likeness (QED) is 0.703. The van der Waals surface area contributed by atoms with Crippen LogP contribution in [0.3, 0.4) is 0 Å². The summed E-state index contributed by atoms with van der Waals surface area (Å²) in [5.74, 6) is -0.662. The van der Waals surface area contributed by atoms with Gasteiger partial charge in [0.2, 0.25) is 0 Å². The van der Waals surface area contributed by atoms with E-state index in [0.29, 0.717) is 23.0 Å². The normalized spacial score (nSPS) is 13.3. The molecule has 0 spiro atoms. The number of nitrogens with zero attached hydrogens (tertiary/aromatic N) is 2. The second-order valence-corrected chi connectivity index (χ2v) is 5.55. The van der Waals surface area contributed by atoms with Crippen molar-refractivity contribution in [1.82, 2.24) is 4.98 Å². The van der Waals surface area contributed by atoms with Gasteiger partial charge in [-0.1, -0.05) is 18.2 Å². The molecule has 0 bridgehead atoms. The number of para-hydroxylation sites is 1. The molecular weight excluding hydrogens is 293 g/mol. The van der Waals surface area contributed by atoms with Gasteiger partial charge in [-0.15, -0.1) is 0 Å². The highest BCUT2D eigenvalue weighted by Gasteiger charge is 2.27. The van der Waals surface area contributed by atoms with Gasteiger partial charge in [-0.2, -0.15) is 0 Å². The standard InChI is InChI=1S/C18H14FN3O/c19-13-5-6-14(20)16-12(13)7-9-21-17(16)18(23)22-10-8-11-3-1-2-4-15(11)22/h1-7,9H,8,10,20H2. The Kier molecular flexibility index (Phi) is 3.01. The summed E-state index contributed by atoms with van der Waals surface area (Å²) < 4.78 is 14.0. The molecule has 0 aliphatic carbocycles. The molecule has 2 N–H and O–H groups in total. The zero-order valence-electron chi connectivity index (χ0n) is 12.3. The van der Waals surface area contributed by atoms with Gasteiger partial charge in [0.15, 0.2) is 0 Å². The second kappa shape index (κ2) is 5.05. The summed E-state index contributed by atoms with van der Waals surface area (Å²) in [5.41, 5.74) is 8.53. The van der Waals surface area contributed by atoms with Crippen molar-refractivity contribution in [2.45, 2.75) is 6.42 Å². The Morgan fingerprint density at radius 1 is 1.17 bits per heavy atom. The molecule has 0 radical (unpaired) electrons. The minimum atomic E-state index is -0.410. The van der Waals surface area contributed by atoms with Crippen molar-refractivity contribution in [3.8, 4) is 0 Å². The third-order valence-corrected chi connectivity index (χ3v) is 4.24. The minimum Gasteiger partial charge on any atom is -0.398 e. The first-order valence-electron chi connectivity index (χ1n) is 7.39. The van der Waals surface area contributed by atoms with Crippen LogP contribution < -0.4 is 10.6 Å². The molecule has 1 amide bonds. The number of carbonyl (C=O) groups excluding carboxylic acids is 1. The van der Waals surface area contributed by atoms with Crippen molar-refractivity contribution >= 4 is 28.1 Å². The zero-order valence-corrected chi connectivity index (χ0v) is 12.3. The molecule has 1 aliphatic rings. The first-order valence-corrected chi connectivity index (χ1v) is 7.39. The van der Waals surface area contributed by atoms with Crippen LogP contribution in [0.1, 0.15) is 16.1 Å². The van der Waals surface area contributed by atoms with Crippen molar-refractivity contribution in [1.29, 1.82) is 0 Å². The highest BCUT2D eigenvalue weighted by molar-refractivity contribution is 6.16. The summed E-state index contributed by atoms with van der Waals surface area (Å²) in [7, 11) is 0. The zero-order chi connectivity index (χ0) is 16.0. The molecule has 1 aromatic heterocycles. The number of pyridine rings is 1. The Hall–Kier alpha value is -2.95. The lowest BCUT2D eigenvalue weighted by Crippen LogP contribution is -2.30. The monoisotopic (exact) mass is 307 g/mol. The molecule has 3 aromatic rings. The molecule has 0 unspecified atom stereocenters. The number of fused-ring (bicyclic) bond motifs is 2. The number of anilines is 2. The highest BCUT2D eigenvalue weighted by Crippen LogP contribution is 2.32. The van der Waals surface area contributed by atoms with E-state index in [2.05, 4.69) is 4.98 Å². The largest absolute Gasteiger partial charge is 0.398 e. The van der Waals surface area contributed by atoms with Gasteiger partial charge in [-0.25, -0.2) is 4.39 Å². The number of rotatable bonds is 1. The summed E-state index contributed by atoms with van der Waals surface area (Å²) >= 11 is 0. The van der Waals surface area contributed by atoms with Crippen molar-refractivity contribution < 1.29 is 9.18 Å². The first kappa shape index (κ1) is 13.7. The topological polar surface area (TPSA) is 59.2 Å². The number of amides is 1. The third-order valence-electron chi connectivity index (χ3n) is 4.24. The number of aromatic nitrogens is 1.